The standard InChI is InChI=1S/C18H11Cl3F3N3O/c19-12-4-1-3-11(18(22,23)24)10(12)9-27-8-7-15(26-27)25-17(28)16-13(20)5-2-6-14(16)21/h1-8H,9H2,(H,25,26,28). The minimum absolute atomic E-state index is 0.0289. The fourth-order valence-electron chi connectivity index (χ4n) is 2.56. The van der Waals surface area contributed by atoms with Crippen molar-refractivity contribution in [3.8, 4) is 0 Å². The van der Waals surface area contributed by atoms with Crippen LogP contribution in [0.4, 0.5) is 19.0 Å². The summed E-state index contributed by atoms with van der Waals surface area (Å²) in [5, 5.41) is 6.87. The van der Waals surface area contributed by atoms with Crippen molar-refractivity contribution >= 4 is 46.5 Å². The Bertz CT molecular complexity index is 1010. The molecule has 2 aromatic carbocycles. The maximum absolute atomic E-state index is 13.2. The molecule has 1 aromatic heterocycles. The molecular formula is C18H11Cl3F3N3O. The Morgan fingerprint density at radius 2 is 1.61 bits per heavy atom. The minimum atomic E-state index is -4.55. The lowest BCUT2D eigenvalue weighted by Gasteiger charge is -2.14. The predicted octanol–water partition coefficient (Wildman–Crippen LogP) is 6.16. The molecule has 0 spiro atoms. The molecule has 3 aromatic rings. The van der Waals surface area contributed by atoms with Gasteiger partial charge in [0.2, 0.25) is 0 Å². The van der Waals surface area contributed by atoms with Crippen LogP contribution in [0.1, 0.15) is 21.5 Å². The van der Waals surface area contributed by atoms with E-state index in [9.17, 15) is 18.0 Å². The fourth-order valence-corrected chi connectivity index (χ4v) is 3.36. The molecule has 4 nitrogen and oxygen atoms in total. The third kappa shape index (κ3) is 4.43. The third-order valence-corrected chi connectivity index (χ3v) is 4.80. The molecule has 1 amide bonds. The van der Waals surface area contributed by atoms with Crippen LogP contribution in [0.15, 0.2) is 48.7 Å². The van der Waals surface area contributed by atoms with Crippen molar-refractivity contribution in [1.82, 2.24) is 9.78 Å². The summed E-state index contributed by atoms with van der Waals surface area (Å²) in [4.78, 5) is 12.4. The van der Waals surface area contributed by atoms with E-state index in [-0.39, 0.29) is 38.6 Å². The monoisotopic (exact) mass is 447 g/mol. The number of amides is 1. The van der Waals surface area contributed by atoms with E-state index in [4.69, 9.17) is 34.8 Å². The number of anilines is 1. The fraction of sp³-hybridized carbons (Fsp3) is 0.111. The van der Waals surface area contributed by atoms with Crippen LogP contribution in [-0.2, 0) is 12.7 Å². The lowest BCUT2D eigenvalue weighted by atomic mass is 10.1. The molecular weight excluding hydrogens is 438 g/mol. The van der Waals surface area contributed by atoms with Crippen molar-refractivity contribution in [2.75, 3.05) is 5.32 Å². The van der Waals surface area contributed by atoms with Crippen molar-refractivity contribution in [2.45, 2.75) is 12.7 Å². The smallest absolute Gasteiger partial charge is 0.305 e. The van der Waals surface area contributed by atoms with Gasteiger partial charge in [-0.1, -0.05) is 46.9 Å². The Balaban J connectivity index is 1.82. The molecule has 0 unspecified atom stereocenters. The molecule has 3 rings (SSSR count). The quantitative estimate of drug-likeness (QED) is 0.519. The maximum Gasteiger partial charge on any atom is 0.416 e. The Morgan fingerprint density at radius 1 is 1.00 bits per heavy atom. The number of carbonyl (C=O) groups is 1. The zero-order valence-corrected chi connectivity index (χ0v) is 16.2. The number of hydrogen-bond acceptors (Lipinski definition) is 2. The van der Waals surface area contributed by atoms with Crippen molar-refractivity contribution in [1.29, 1.82) is 0 Å². The highest BCUT2D eigenvalue weighted by molar-refractivity contribution is 6.40. The summed E-state index contributed by atoms with van der Waals surface area (Å²) in [5.74, 6) is -0.462. The van der Waals surface area contributed by atoms with Crippen LogP contribution in [0, 0.1) is 0 Å². The number of nitrogens with one attached hydrogen (secondary N) is 1. The highest BCUT2D eigenvalue weighted by Crippen LogP contribution is 2.35. The third-order valence-electron chi connectivity index (χ3n) is 3.82. The second-order valence-corrected chi connectivity index (χ2v) is 6.93. The lowest BCUT2D eigenvalue weighted by Crippen LogP contribution is -2.15. The Hall–Kier alpha value is -2.22. The maximum atomic E-state index is 13.2. The van der Waals surface area contributed by atoms with Crippen LogP contribution in [-0.4, -0.2) is 15.7 Å². The van der Waals surface area contributed by atoms with Crippen molar-refractivity contribution in [3.63, 3.8) is 0 Å². The van der Waals surface area contributed by atoms with Crippen LogP contribution in [0.3, 0.4) is 0 Å². The Kier molecular flexibility index (Phi) is 5.88. The van der Waals surface area contributed by atoms with E-state index in [1.807, 2.05) is 0 Å². The molecule has 0 radical (unpaired) electrons. The van der Waals surface area contributed by atoms with E-state index in [1.165, 1.54) is 41.2 Å². The number of nitrogens with zero attached hydrogens (tertiary/aromatic N) is 2. The van der Waals surface area contributed by atoms with Gasteiger partial charge in [0.15, 0.2) is 5.82 Å². The number of alkyl halides is 3. The SMILES string of the molecule is O=C(Nc1ccn(Cc2c(Cl)cccc2C(F)(F)F)n1)c1c(Cl)cccc1Cl. The molecule has 0 bridgehead atoms. The van der Waals surface area contributed by atoms with Crippen molar-refractivity contribution < 1.29 is 18.0 Å². The summed E-state index contributed by atoms with van der Waals surface area (Å²) in [6, 6.07) is 9.61. The van der Waals surface area contributed by atoms with Crippen LogP contribution < -0.4 is 5.32 Å². The number of hydrogen-bond donors (Lipinski definition) is 1. The van der Waals surface area contributed by atoms with E-state index in [2.05, 4.69) is 10.4 Å². The van der Waals surface area contributed by atoms with Gasteiger partial charge in [0, 0.05) is 22.8 Å². The molecule has 1 N–H and O–H groups in total. The number of halogens is 6. The van der Waals surface area contributed by atoms with E-state index in [0.717, 1.165) is 6.07 Å². The van der Waals surface area contributed by atoms with Gasteiger partial charge in [-0.25, -0.2) is 0 Å². The van der Waals surface area contributed by atoms with Crippen LogP contribution in [0.25, 0.3) is 0 Å². The minimum Gasteiger partial charge on any atom is -0.305 e. The van der Waals surface area contributed by atoms with E-state index < -0.39 is 17.6 Å². The molecule has 0 saturated carbocycles. The molecule has 1 heterocycles. The predicted molar refractivity (Wildman–Crippen MR) is 102 cm³/mol. The molecule has 0 aliphatic rings. The van der Waals surface area contributed by atoms with E-state index >= 15 is 0 Å². The number of rotatable bonds is 4. The Morgan fingerprint density at radius 3 is 2.25 bits per heavy atom. The largest absolute Gasteiger partial charge is 0.416 e. The summed E-state index contributed by atoms with van der Waals surface area (Å²) in [6.07, 6.45) is -3.13. The van der Waals surface area contributed by atoms with E-state index in [1.54, 1.807) is 6.07 Å². The van der Waals surface area contributed by atoms with Gasteiger partial charge in [-0.05, 0) is 24.3 Å². The first-order chi connectivity index (χ1) is 13.2. The first-order valence-electron chi connectivity index (χ1n) is 7.80. The molecule has 0 aliphatic heterocycles. The number of carbonyl (C=O) groups excluding carboxylic acids is 1. The highest BCUT2D eigenvalue weighted by atomic mass is 35.5. The molecule has 0 saturated heterocycles. The second-order valence-electron chi connectivity index (χ2n) is 5.71. The topological polar surface area (TPSA) is 46.9 Å². The van der Waals surface area contributed by atoms with Gasteiger partial charge >= 0.3 is 6.18 Å². The van der Waals surface area contributed by atoms with Gasteiger partial charge in [0.05, 0.1) is 27.7 Å². The summed E-state index contributed by atoms with van der Waals surface area (Å²) in [7, 11) is 0. The van der Waals surface area contributed by atoms with Gasteiger partial charge in [0.1, 0.15) is 0 Å². The summed E-state index contributed by atoms with van der Waals surface area (Å²) >= 11 is 17.9. The lowest BCUT2D eigenvalue weighted by molar-refractivity contribution is -0.138. The van der Waals surface area contributed by atoms with Gasteiger partial charge in [-0.15, -0.1) is 0 Å². The average molecular weight is 449 g/mol. The van der Waals surface area contributed by atoms with Gasteiger partial charge in [0.25, 0.3) is 5.91 Å². The zero-order chi connectivity index (χ0) is 20.5. The van der Waals surface area contributed by atoms with Gasteiger partial charge in [-0.2, -0.15) is 18.3 Å². The van der Waals surface area contributed by atoms with E-state index in [0.29, 0.717) is 0 Å². The summed E-state index contributed by atoms with van der Waals surface area (Å²) in [6.45, 7) is -0.225. The highest BCUT2D eigenvalue weighted by Gasteiger charge is 2.34. The van der Waals surface area contributed by atoms with Crippen molar-refractivity contribution in [3.05, 3.63) is 80.4 Å². The normalized spacial score (nSPS) is 11.5. The second kappa shape index (κ2) is 8.03. The summed E-state index contributed by atoms with van der Waals surface area (Å²) in [5.41, 5.74) is -0.887. The van der Waals surface area contributed by atoms with Gasteiger partial charge < -0.3 is 5.32 Å². The average Bonchev–Trinajstić information content (AvgIpc) is 3.02. The molecule has 146 valence electrons. The number of aromatic nitrogens is 2. The molecule has 0 fully saturated rings. The molecule has 0 aliphatic carbocycles. The zero-order valence-electron chi connectivity index (χ0n) is 13.9. The molecule has 0 atom stereocenters. The number of benzene rings is 2. The molecule has 10 heteroatoms. The van der Waals surface area contributed by atoms with Gasteiger partial charge in [-0.3, -0.25) is 9.48 Å². The van der Waals surface area contributed by atoms with Crippen LogP contribution in [0.2, 0.25) is 15.1 Å². The van der Waals surface area contributed by atoms with Crippen LogP contribution >= 0.6 is 34.8 Å². The molecule has 28 heavy (non-hydrogen) atoms. The van der Waals surface area contributed by atoms with Crippen molar-refractivity contribution in [2.24, 2.45) is 0 Å². The summed E-state index contributed by atoms with van der Waals surface area (Å²) < 4.78 is 40.8. The Labute approximate surface area is 172 Å². The van der Waals surface area contributed by atoms with Crippen LogP contribution in [0.5, 0.6) is 0 Å². The first-order valence-corrected chi connectivity index (χ1v) is 8.93. The first kappa shape index (κ1) is 20.5.